The summed E-state index contributed by atoms with van der Waals surface area (Å²) in [7, 11) is 0. The standard InChI is InChI=1S/C23H32O4S/c24-17(10-9-16-5-2-1-3-6-16)11-13-19-20-14-12-18(7-4-8-23(26)27)28-22(20)15-21(19)25/h1-3,5-6,11,13,17-22,24-25H,4,7-10,12,14-15H2,(H,26,27)/b13-11+/t17-,18-,19+,20+,21+,22-/m0/s1. The number of thioether (sulfide) groups is 1. The Morgan fingerprint density at radius 2 is 2.04 bits per heavy atom. The van der Waals surface area contributed by atoms with Crippen LogP contribution >= 0.6 is 11.8 Å². The Kier molecular flexibility index (Phi) is 8.00. The molecule has 1 saturated heterocycles. The molecule has 28 heavy (non-hydrogen) atoms. The second-order valence-electron chi connectivity index (χ2n) is 8.18. The van der Waals surface area contributed by atoms with Crippen molar-refractivity contribution in [2.45, 2.75) is 74.1 Å². The predicted molar refractivity (Wildman–Crippen MR) is 113 cm³/mol. The van der Waals surface area contributed by atoms with Crippen LogP contribution in [0.2, 0.25) is 0 Å². The molecule has 1 saturated carbocycles. The molecule has 3 N–H and O–H groups in total. The van der Waals surface area contributed by atoms with Gasteiger partial charge in [0.05, 0.1) is 12.2 Å². The molecular weight excluding hydrogens is 372 g/mol. The molecule has 5 heteroatoms. The Bertz CT molecular complexity index is 647. The minimum atomic E-state index is -0.717. The van der Waals surface area contributed by atoms with Crippen LogP contribution in [0.5, 0.6) is 0 Å². The number of carboxylic acid groups (broad SMARTS) is 1. The number of hydrogen-bond donors (Lipinski definition) is 3. The molecule has 1 aromatic rings. The summed E-state index contributed by atoms with van der Waals surface area (Å²) in [4.78, 5) is 10.7. The Hall–Kier alpha value is -1.30. The van der Waals surface area contributed by atoms with Crippen LogP contribution in [0.15, 0.2) is 42.5 Å². The number of aliphatic carboxylic acids is 1. The monoisotopic (exact) mass is 404 g/mol. The first-order valence-corrected chi connectivity index (χ1v) is 11.4. The van der Waals surface area contributed by atoms with E-state index in [1.165, 1.54) is 5.56 Å². The topological polar surface area (TPSA) is 77.8 Å². The van der Waals surface area contributed by atoms with E-state index in [1.54, 1.807) is 0 Å². The van der Waals surface area contributed by atoms with Crippen LogP contribution in [0.3, 0.4) is 0 Å². The number of carboxylic acids is 1. The van der Waals surface area contributed by atoms with Crippen LogP contribution in [0.4, 0.5) is 0 Å². The number of aryl methyl sites for hydroxylation is 1. The molecule has 1 aliphatic heterocycles. The van der Waals surface area contributed by atoms with Gasteiger partial charge in [-0.25, -0.2) is 0 Å². The van der Waals surface area contributed by atoms with Gasteiger partial charge in [0.1, 0.15) is 0 Å². The van der Waals surface area contributed by atoms with Crippen molar-refractivity contribution in [3.8, 4) is 0 Å². The van der Waals surface area contributed by atoms with Gasteiger partial charge >= 0.3 is 5.97 Å². The number of aliphatic hydroxyl groups excluding tert-OH is 2. The maximum Gasteiger partial charge on any atom is 0.303 e. The molecule has 0 spiro atoms. The Labute approximate surface area is 172 Å². The summed E-state index contributed by atoms with van der Waals surface area (Å²) in [5.74, 6) is -0.122. The zero-order chi connectivity index (χ0) is 19.9. The molecule has 6 atom stereocenters. The smallest absolute Gasteiger partial charge is 0.303 e. The molecule has 0 bridgehead atoms. The minimum absolute atomic E-state index is 0.129. The van der Waals surface area contributed by atoms with Crippen LogP contribution in [-0.4, -0.2) is 44.0 Å². The highest BCUT2D eigenvalue weighted by atomic mass is 32.2. The van der Waals surface area contributed by atoms with E-state index in [-0.39, 0.29) is 18.4 Å². The first-order chi connectivity index (χ1) is 13.5. The van der Waals surface area contributed by atoms with Gasteiger partial charge in [-0.05, 0) is 56.4 Å². The molecule has 0 radical (unpaired) electrons. The third kappa shape index (κ3) is 6.10. The lowest BCUT2D eigenvalue weighted by Crippen LogP contribution is -2.26. The highest BCUT2D eigenvalue weighted by Gasteiger charge is 2.44. The number of carbonyl (C=O) groups is 1. The zero-order valence-corrected chi connectivity index (χ0v) is 17.1. The summed E-state index contributed by atoms with van der Waals surface area (Å²) in [5.41, 5.74) is 1.23. The molecular formula is C23H32O4S. The predicted octanol–water partition coefficient (Wildman–Crippen LogP) is 4.05. The summed E-state index contributed by atoms with van der Waals surface area (Å²) < 4.78 is 0. The minimum Gasteiger partial charge on any atom is -0.481 e. The fraction of sp³-hybridized carbons (Fsp3) is 0.609. The highest BCUT2D eigenvalue weighted by Crippen LogP contribution is 2.49. The molecule has 2 fully saturated rings. The highest BCUT2D eigenvalue weighted by molar-refractivity contribution is 8.00. The second-order valence-corrected chi connectivity index (χ2v) is 9.72. The summed E-state index contributed by atoms with van der Waals surface area (Å²) in [6.07, 6.45) is 9.58. The third-order valence-corrected chi connectivity index (χ3v) is 7.87. The van der Waals surface area contributed by atoms with Crippen molar-refractivity contribution < 1.29 is 20.1 Å². The van der Waals surface area contributed by atoms with Gasteiger partial charge in [0.25, 0.3) is 0 Å². The largest absolute Gasteiger partial charge is 0.481 e. The van der Waals surface area contributed by atoms with Crippen molar-refractivity contribution in [1.82, 2.24) is 0 Å². The van der Waals surface area contributed by atoms with Crippen molar-refractivity contribution >= 4 is 17.7 Å². The molecule has 0 unspecified atom stereocenters. The average Bonchev–Trinajstić information content (AvgIpc) is 2.99. The molecule has 3 rings (SSSR count). The molecule has 154 valence electrons. The average molecular weight is 405 g/mol. The fourth-order valence-corrected chi connectivity index (χ4v) is 6.50. The number of aliphatic hydroxyl groups is 2. The van der Waals surface area contributed by atoms with Crippen LogP contribution < -0.4 is 0 Å². The van der Waals surface area contributed by atoms with Gasteiger partial charge in [-0.1, -0.05) is 42.5 Å². The van der Waals surface area contributed by atoms with E-state index in [0.717, 1.165) is 38.5 Å². The molecule has 0 aromatic heterocycles. The van der Waals surface area contributed by atoms with Crippen molar-refractivity contribution in [3.63, 3.8) is 0 Å². The normalized spacial score (nSPS) is 31.0. The van der Waals surface area contributed by atoms with Crippen molar-refractivity contribution in [3.05, 3.63) is 48.0 Å². The Balaban J connectivity index is 1.46. The lowest BCUT2D eigenvalue weighted by molar-refractivity contribution is -0.137. The Morgan fingerprint density at radius 1 is 1.25 bits per heavy atom. The first-order valence-electron chi connectivity index (χ1n) is 10.5. The van der Waals surface area contributed by atoms with Gasteiger partial charge in [-0.2, -0.15) is 11.8 Å². The van der Waals surface area contributed by atoms with Gasteiger partial charge in [-0.3, -0.25) is 4.79 Å². The number of fused-ring (bicyclic) bond motifs is 1. The summed E-state index contributed by atoms with van der Waals surface area (Å²) >= 11 is 1.95. The van der Waals surface area contributed by atoms with E-state index in [2.05, 4.69) is 18.2 Å². The number of rotatable bonds is 9. The zero-order valence-electron chi connectivity index (χ0n) is 16.3. The molecule has 1 aliphatic carbocycles. The summed E-state index contributed by atoms with van der Waals surface area (Å²) in [6.45, 7) is 0. The van der Waals surface area contributed by atoms with Gasteiger partial charge in [0.15, 0.2) is 0 Å². The van der Waals surface area contributed by atoms with Gasteiger partial charge < -0.3 is 15.3 Å². The lowest BCUT2D eigenvalue weighted by Gasteiger charge is -2.33. The van der Waals surface area contributed by atoms with Crippen LogP contribution in [0, 0.1) is 11.8 Å². The van der Waals surface area contributed by atoms with Crippen molar-refractivity contribution in [1.29, 1.82) is 0 Å². The first kappa shape index (κ1) is 21.4. The number of benzene rings is 1. The molecule has 4 nitrogen and oxygen atoms in total. The quantitative estimate of drug-likeness (QED) is 0.541. The van der Waals surface area contributed by atoms with Gasteiger partial charge in [0.2, 0.25) is 0 Å². The lowest BCUT2D eigenvalue weighted by atomic mass is 9.88. The van der Waals surface area contributed by atoms with Crippen molar-refractivity contribution in [2.75, 3.05) is 0 Å². The van der Waals surface area contributed by atoms with E-state index < -0.39 is 12.1 Å². The summed E-state index contributed by atoms with van der Waals surface area (Å²) in [5, 5.41) is 30.6. The van der Waals surface area contributed by atoms with E-state index in [0.29, 0.717) is 22.8 Å². The number of hydrogen-bond acceptors (Lipinski definition) is 4. The second kappa shape index (κ2) is 10.5. The van der Waals surface area contributed by atoms with Crippen LogP contribution in [-0.2, 0) is 11.2 Å². The maximum atomic E-state index is 10.7. The van der Waals surface area contributed by atoms with Crippen LogP contribution in [0.1, 0.15) is 50.5 Å². The SMILES string of the molecule is O=C(O)CCC[C@H]1CC[C@@H]2[C@@H](/C=C/[C@@H](O)CCc3ccccc3)[C@H](O)C[C@@H]2S1. The van der Waals surface area contributed by atoms with Gasteiger partial charge in [0, 0.05) is 22.8 Å². The van der Waals surface area contributed by atoms with E-state index >= 15 is 0 Å². The third-order valence-electron chi connectivity index (χ3n) is 6.12. The molecule has 0 amide bonds. The maximum absolute atomic E-state index is 10.7. The molecule has 2 aliphatic rings. The van der Waals surface area contributed by atoms with Gasteiger partial charge in [-0.15, -0.1) is 0 Å². The molecule has 1 aromatic carbocycles. The molecule has 1 heterocycles. The summed E-state index contributed by atoms with van der Waals surface area (Å²) in [6, 6.07) is 10.2. The Morgan fingerprint density at radius 3 is 2.79 bits per heavy atom. The van der Waals surface area contributed by atoms with E-state index in [4.69, 9.17) is 5.11 Å². The van der Waals surface area contributed by atoms with E-state index in [9.17, 15) is 15.0 Å². The fourth-order valence-electron chi connectivity index (χ4n) is 4.61. The van der Waals surface area contributed by atoms with Crippen LogP contribution in [0.25, 0.3) is 0 Å². The van der Waals surface area contributed by atoms with Crippen molar-refractivity contribution in [2.24, 2.45) is 11.8 Å². The van der Waals surface area contributed by atoms with E-state index in [1.807, 2.05) is 36.0 Å².